The van der Waals surface area contributed by atoms with E-state index in [1.54, 1.807) is 82.5 Å². The van der Waals surface area contributed by atoms with E-state index in [0.717, 1.165) is 16.9 Å². The first-order valence-corrected chi connectivity index (χ1v) is 13.2. The Hall–Kier alpha value is -4.77. The number of furan rings is 1. The van der Waals surface area contributed by atoms with Gasteiger partial charge in [0.1, 0.15) is 17.3 Å². The summed E-state index contributed by atoms with van der Waals surface area (Å²) in [6.07, 6.45) is 1.57. The quantitative estimate of drug-likeness (QED) is 0.188. The Morgan fingerprint density at radius 3 is 2.60 bits per heavy atom. The number of allylic oxidation sites excluding steroid dienone is 1. The van der Waals surface area contributed by atoms with E-state index in [2.05, 4.69) is 4.99 Å². The second kappa shape index (κ2) is 10.8. The zero-order chi connectivity index (χ0) is 28.6. The SMILES string of the molecule is CCOC(=O)C1=C(C)N=c2s/c(=C\c3ccc(-c4ccc(C)cc4[N+](=O)[O-])o3)c(=O)n2[C@@H]1c1ccc(OC)cc1. The largest absolute Gasteiger partial charge is 0.497 e. The topological polar surface area (TPSA) is 126 Å². The van der Waals surface area contributed by atoms with Crippen LogP contribution in [0.1, 0.15) is 36.8 Å². The lowest BCUT2D eigenvalue weighted by atomic mass is 9.96. The van der Waals surface area contributed by atoms with Crippen molar-refractivity contribution < 1.29 is 23.6 Å². The van der Waals surface area contributed by atoms with Crippen LogP contribution >= 0.6 is 11.3 Å². The van der Waals surface area contributed by atoms with Crippen molar-refractivity contribution in [3.63, 3.8) is 0 Å². The summed E-state index contributed by atoms with van der Waals surface area (Å²) in [5.74, 6) is 0.742. The zero-order valence-corrected chi connectivity index (χ0v) is 23.0. The molecule has 40 heavy (non-hydrogen) atoms. The lowest BCUT2D eigenvalue weighted by Gasteiger charge is -2.24. The maximum absolute atomic E-state index is 13.8. The number of aromatic nitrogens is 1. The Kier molecular flexibility index (Phi) is 7.22. The maximum atomic E-state index is 13.8. The number of hydrogen-bond donors (Lipinski definition) is 0. The van der Waals surface area contributed by atoms with Crippen molar-refractivity contribution in [3.8, 4) is 17.1 Å². The van der Waals surface area contributed by atoms with Gasteiger partial charge in [-0.2, -0.15) is 0 Å². The van der Waals surface area contributed by atoms with Crippen molar-refractivity contribution in [1.29, 1.82) is 0 Å². The molecule has 0 bridgehead atoms. The van der Waals surface area contributed by atoms with Crippen LogP contribution in [-0.2, 0) is 9.53 Å². The third kappa shape index (κ3) is 4.87. The molecule has 5 rings (SSSR count). The Balaban J connectivity index is 1.63. The second-order valence-corrected chi connectivity index (χ2v) is 10.1. The summed E-state index contributed by atoms with van der Waals surface area (Å²) in [5.41, 5.74) is 2.09. The van der Waals surface area contributed by atoms with Gasteiger partial charge in [-0.05, 0) is 62.2 Å². The highest BCUT2D eigenvalue weighted by Gasteiger charge is 2.33. The zero-order valence-electron chi connectivity index (χ0n) is 22.2. The van der Waals surface area contributed by atoms with Crippen LogP contribution in [0.25, 0.3) is 17.4 Å². The van der Waals surface area contributed by atoms with E-state index < -0.39 is 16.9 Å². The van der Waals surface area contributed by atoms with Gasteiger partial charge in [0, 0.05) is 12.1 Å². The number of nitro groups is 1. The molecule has 2 aromatic heterocycles. The molecule has 3 heterocycles. The number of ether oxygens (including phenoxy) is 2. The van der Waals surface area contributed by atoms with Gasteiger partial charge in [-0.15, -0.1) is 0 Å². The van der Waals surface area contributed by atoms with Crippen molar-refractivity contribution in [2.75, 3.05) is 13.7 Å². The van der Waals surface area contributed by atoms with Gasteiger partial charge in [-0.3, -0.25) is 19.5 Å². The van der Waals surface area contributed by atoms with Crippen molar-refractivity contribution in [3.05, 3.63) is 113 Å². The molecule has 0 spiro atoms. The van der Waals surface area contributed by atoms with Crippen LogP contribution in [0.2, 0.25) is 0 Å². The molecular weight excluding hydrogens is 534 g/mol. The minimum Gasteiger partial charge on any atom is -0.497 e. The average molecular weight is 560 g/mol. The predicted molar refractivity (Wildman–Crippen MR) is 149 cm³/mol. The van der Waals surface area contributed by atoms with Gasteiger partial charge in [-0.1, -0.05) is 29.5 Å². The molecule has 0 aliphatic carbocycles. The van der Waals surface area contributed by atoms with Gasteiger partial charge >= 0.3 is 5.97 Å². The summed E-state index contributed by atoms with van der Waals surface area (Å²) < 4.78 is 18.3. The number of methoxy groups -OCH3 is 1. The smallest absolute Gasteiger partial charge is 0.338 e. The molecule has 2 aromatic carbocycles. The van der Waals surface area contributed by atoms with Gasteiger partial charge in [0.15, 0.2) is 4.80 Å². The maximum Gasteiger partial charge on any atom is 0.338 e. The van der Waals surface area contributed by atoms with Gasteiger partial charge in [0.2, 0.25) is 0 Å². The number of thiazole rings is 1. The summed E-state index contributed by atoms with van der Waals surface area (Å²) in [7, 11) is 1.56. The normalized spacial score (nSPS) is 15.0. The molecule has 0 saturated carbocycles. The summed E-state index contributed by atoms with van der Waals surface area (Å²) in [4.78, 5) is 42.9. The fourth-order valence-electron chi connectivity index (χ4n) is 4.60. The third-order valence-electron chi connectivity index (χ3n) is 6.46. The Labute approximate surface area is 232 Å². The first-order chi connectivity index (χ1) is 19.2. The molecule has 0 unspecified atom stereocenters. The number of hydrogen-bond acceptors (Lipinski definition) is 9. The number of carbonyl (C=O) groups is 1. The van der Waals surface area contributed by atoms with E-state index in [0.29, 0.717) is 43.4 Å². The minimum absolute atomic E-state index is 0.0678. The van der Waals surface area contributed by atoms with E-state index in [4.69, 9.17) is 13.9 Å². The Morgan fingerprint density at radius 1 is 1.18 bits per heavy atom. The van der Waals surface area contributed by atoms with Gasteiger partial charge in [-0.25, -0.2) is 9.79 Å². The van der Waals surface area contributed by atoms with E-state index >= 15 is 0 Å². The molecule has 1 aliphatic rings. The summed E-state index contributed by atoms with van der Waals surface area (Å²) in [6.45, 7) is 5.38. The second-order valence-electron chi connectivity index (χ2n) is 9.06. The monoisotopic (exact) mass is 559 g/mol. The van der Waals surface area contributed by atoms with E-state index in [9.17, 15) is 19.7 Å². The standard InChI is InChI=1S/C29H25N3O7S/c1-5-38-28(34)25-17(3)30-29-31(26(25)18-7-9-19(37-4)10-8-18)27(33)24(40-29)15-20-11-13-23(39-20)21-12-6-16(2)14-22(21)32(35)36/h6-15,26H,5H2,1-4H3/b24-15-/t26-/m1/s1. The van der Waals surface area contributed by atoms with Crippen LogP contribution in [0.15, 0.2) is 80.1 Å². The highest BCUT2D eigenvalue weighted by Crippen LogP contribution is 2.33. The number of nitrogens with zero attached hydrogens (tertiary/aromatic N) is 3. The molecule has 0 fully saturated rings. The van der Waals surface area contributed by atoms with Gasteiger partial charge in [0.05, 0.1) is 46.0 Å². The highest BCUT2D eigenvalue weighted by molar-refractivity contribution is 7.07. The van der Waals surface area contributed by atoms with E-state index in [1.807, 2.05) is 0 Å². The first-order valence-electron chi connectivity index (χ1n) is 12.4. The number of carbonyl (C=O) groups excluding carboxylic acids is 1. The van der Waals surface area contributed by atoms with Crippen LogP contribution in [-0.4, -0.2) is 29.2 Å². The third-order valence-corrected chi connectivity index (χ3v) is 7.45. The summed E-state index contributed by atoms with van der Waals surface area (Å²) >= 11 is 1.16. The van der Waals surface area contributed by atoms with Crippen LogP contribution in [0, 0.1) is 17.0 Å². The molecule has 1 aliphatic heterocycles. The Bertz CT molecular complexity index is 1850. The minimum atomic E-state index is -0.759. The van der Waals surface area contributed by atoms with Gasteiger partial charge in [0.25, 0.3) is 11.2 Å². The summed E-state index contributed by atoms with van der Waals surface area (Å²) in [6, 6.07) is 14.5. The van der Waals surface area contributed by atoms with Crippen LogP contribution in [0.3, 0.4) is 0 Å². The number of aryl methyl sites for hydroxylation is 1. The molecule has 4 aromatic rings. The van der Waals surface area contributed by atoms with Crippen molar-refractivity contribution >= 4 is 29.1 Å². The number of nitro benzene ring substituents is 1. The lowest BCUT2D eigenvalue weighted by Crippen LogP contribution is -2.39. The molecule has 0 saturated heterocycles. The Morgan fingerprint density at radius 2 is 1.93 bits per heavy atom. The number of rotatable bonds is 7. The van der Waals surface area contributed by atoms with E-state index in [1.165, 1.54) is 10.6 Å². The number of benzene rings is 2. The van der Waals surface area contributed by atoms with Crippen LogP contribution in [0.5, 0.6) is 5.75 Å². The van der Waals surface area contributed by atoms with Crippen molar-refractivity contribution in [2.45, 2.75) is 26.8 Å². The predicted octanol–water partition coefficient (Wildman–Crippen LogP) is 4.28. The lowest BCUT2D eigenvalue weighted by molar-refractivity contribution is -0.384. The average Bonchev–Trinajstić information content (AvgIpc) is 3.52. The van der Waals surface area contributed by atoms with Crippen LogP contribution < -0.4 is 19.6 Å². The molecule has 0 N–H and O–H groups in total. The number of fused-ring (bicyclic) bond motifs is 1. The fourth-order valence-corrected chi connectivity index (χ4v) is 5.63. The van der Waals surface area contributed by atoms with Crippen molar-refractivity contribution in [1.82, 2.24) is 4.57 Å². The van der Waals surface area contributed by atoms with Crippen molar-refractivity contribution in [2.24, 2.45) is 4.99 Å². The molecule has 10 nitrogen and oxygen atoms in total. The van der Waals surface area contributed by atoms with E-state index in [-0.39, 0.29) is 23.4 Å². The first kappa shape index (κ1) is 26.8. The fraction of sp³-hybridized carbons (Fsp3) is 0.207. The molecule has 1 atom stereocenters. The molecule has 204 valence electrons. The molecule has 0 radical (unpaired) electrons. The van der Waals surface area contributed by atoms with Crippen LogP contribution in [0.4, 0.5) is 5.69 Å². The molecule has 0 amide bonds. The highest BCUT2D eigenvalue weighted by atomic mass is 32.1. The number of esters is 1. The van der Waals surface area contributed by atoms with Gasteiger partial charge < -0.3 is 13.9 Å². The molecular formula is C29H25N3O7S. The molecule has 11 heteroatoms. The summed E-state index contributed by atoms with van der Waals surface area (Å²) in [5, 5.41) is 11.6.